The SMILES string of the molecule is COc1c(F)cc(NC(=O)C(C)CSc2ccccc2)cc1F. The highest BCUT2D eigenvalue weighted by atomic mass is 32.2. The van der Waals surface area contributed by atoms with Gasteiger partial charge in [-0.05, 0) is 12.1 Å². The van der Waals surface area contributed by atoms with E-state index in [0.717, 1.165) is 17.0 Å². The number of anilines is 1. The van der Waals surface area contributed by atoms with Crippen LogP contribution >= 0.6 is 11.8 Å². The van der Waals surface area contributed by atoms with Gasteiger partial charge in [0.1, 0.15) is 0 Å². The lowest BCUT2D eigenvalue weighted by Crippen LogP contribution is -2.22. The second kappa shape index (κ2) is 7.97. The summed E-state index contributed by atoms with van der Waals surface area (Å²) in [7, 11) is 1.18. The maximum atomic E-state index is 13.6. The highest BCUT2D eigenvalue weighted by molar-refractivity contribution is 7.99. The highest BCUT2D eigenvalue weighted by Crippen LogP contribution is 2.26. The second-order valence-electron chi connectivity index (χ2n) is 4.99. The lowest BCUT2D eigenvalue weighted by molar-refractivity contribution is -0.118. The van der Waals surface area contributed by atoms with Crippen LogP contribution in [0.1, 0.15) is 6.92 Å². The fourth-order valence-corrected chi connectivity index (χ4v) is 2.85. The first-order valence-electron chi connectivity index (χ1n) is 7.03. The van der Waals surface area contributed by atoms with Crippen molar-refractivity contribution in [3.8, 4) is 5.75 Å². The van der Waals surface area contributed by atoms with Crippen molar-refractivity contribution in [2.75, 3.05) is 18.2 Å². The molecule has 0 aromatic heterocycles. The fraction of sp³-hybridized carbons (Fsp3) is 0.235. The van der Waals surface area contributed by atoms with Gasteiger partial charge in [0.2, 0.25) is 5.91 Å². The third-order valence-electron chi connectivity index (χ3n) is 3.16. The summed E-state index contributed by atoms with van der Waals surface area (Å²) in [5.41, 5.74) is 0.0716. The number of carbonyl (C=O) groups excluding carboxylic acids is 1. The molecular formula is C17H17F2NO2S. The summed E-state index contributed by atoms with van der Waals surface area (Å²) in [6.45, 7) is 1.77. The molecule has 0 heterocycles. The van der Waals surface area contributed by atoms with Crippen LogP contribution in [-0.4, -0.2) is 18.8 Å². The van der Waals surface area contributed by atoms with Gasteiger partial charge in [-0.15, -0.1) is 11.8 Å². The Kier molecular flexibility index (Phi) is 5.98. The molecule has 0 aliphatic carbocycles. The van der Waals surface area contributed by atoms with Gasteiger partial charge in [0, 0.05) is 34.4 Å². The summed E-state index contributed by atoms with van der Waals surface area (Å²) in [5, 5.41) is 2.52. The summed E-state index contributed by atoms with van der Waals surface area (Å²) in [4.78, 5) is 13.2. The zero-order valence-corrected chi connectivity index (χ0v) is 13.6. The lowest BCUT2D eigenvalue weighted by atomic mass is 10.2. The van der Waals surface area contributed by atoms with Crippen molar-refractivity contribution in [1.29, 1.82) is 0 Å². The van der Waals surface area contributed by atoms with Gasteiger partial charge in [-0.2, -0.15) is 0 Å². The van der Waals surface area contributed by atoms with Gasteiger partial charge >= 0.3 is 0 Å². The van der Waals surface area contributed by atoms with Gasteiger partial charge in [0.05, 0.1) is 7.11 Å². The topological polar surface area (TPSA) is 38.3 Å². The van der Waals surface area contributed by atoms with E-state index in [-0.39, 0.29) is 17.5 Å². The minimum atomic E-state index is -0.853. The Morgan fingerprint density at radius 2 is 1.83 bits per heavy atom. The molecular weight excluding hydrogens is 320 g/mol. The molecule has 0 fully saturated rings. The maximum absolute atomic E-state index is 13.6. The smallest absolute Gasteiger partial charge is 0.228 e. The van der Waals surface area contributed by atoms with Crippen molar-refractivity contribution in [3.63, 3.8) is 0 Å². The fourth-order valence-electron chi connectivity index (χ4n) is 1.91. The quantitative estimate of drug-likeness (QED) is 0.797. The van der Waals surface area contributed by atoms with E-state index in [0.29, 0.717) is 5.75 Å². The Hall–Kier alpha value is -2.08. The first-order chi connectivity index (χ1) is 11.0. The first kappa shape index (κ1) is 17.3. The number of nitrogens with one attached hydrogen (secondary N) is 1. The van der Waals surface area contributed by atoms with E-state index < -0.39 is 17.4 Å². The van der Waals surface area contributed by atoms with Crippen molar-refractivity contribution < 1.29 is 18.3 Å². The number of halogens is 2. The van der Waals surface area contributed by atoms with Crippen LogP contribution in [0.15, 0.2) is 47.4 Å². The predicted octanol–water partition coefficient (Wildman–Crippen LogP) is 4.34. The van der Waals surface area contributed by atoms with Gasteiger partial charge in [0.25, 0.3) is 0 Å². The molecule has 2 aromatic rings. The zero-order valence-electron chi connectivity index (χ0n) is 12.8. The Morgan fingerprint density at radius 1 is 1.22 bits per heavy atom. The van der Waals surface area contributed by atoms with E-state index in [4.69, 9.17) is 0 Å². The van der Waals surface area contributed by atoms with E-state index in [1.807, 2.05) is 30.3 Å². The third kappa shape index (κ3) is 4.69. The zero-order chi connectivity index (χ0) is 16.8. The summed E-state index contributed by atoms with van der Waals surface area (Å²) in [6, 6.07) is 11.8. The number of benzene rings is 2. The first-order valence-corrected chi connectivity index (χ1v) is 8.01. The largest absolute Gasteiger partial charge is 0.491 e. The molecule has 1 unspecified atom stereocenters. The number of ether oxygens (including phenoxy) is 1. The molecule has 0 radical (unpaired) electrons. The van der Waals surface area contributed by atoms with Crippen LogP contribution in [0.25, 0.3) is 0 Å². The van der Waals surface area contributed by atoms with Gasteiger partial charge in [-0.25, -0.2) is 8.78 Å². The van der Waals surface area contributed by atoms with Gasteiger partial charge in [-0.1, -0.05) is 25.1 Å². The number of carbonyl (C=O) groups is 1. The average Bonchev–Trinajstić information content (AvgIpc) is 2.53. The minimum absolute atomic E-state index is 0.0716. The number of amides is 1. The molecule has 1 amide bonds. The molecule has 6 heteroatoms. The van der Waals surface area contributed by atoms with Crippen molar-refractivity contribution in [2.24, 2.45) is 5.92 Å². The van der Waals surface area contributed by atoms with Crippen LogP contribution in [0.5, 0.6) is 5.75 Å². The van der Waals surface area contributed by atoms with Crippen LogP contribution in [0.3, 0.4) is 0 Å². The summed E-state index contributed by atoms with van der Waals surface area (Å²) in [5.74, 6) is -2.21. The van der Waals surface area contributed by atoms with Crippen molar-refractivity contribution in [3.05, 3.63) is 54.1 Å². The van der Waals surface area contributed by atoms with Crippen molar-refractivity contribution in [2.45, 2.75) is 11.8 Å². The number of thioether (sulfide) groups is 1. The summed E-state index contributed by atoms with van der Waals surface area (Å²) >= 11 is 1.55. The standard InChI is InChI=1S/C17H17F2NO2S/c1-11(10-23-13-6-4-3-5-7-13)17(21)20-12-8-14(18)16(22-2)15(19)9-12/h3-9,11H,10H2,1-2H3,(H,20,21). The monoisotopic (exact) mass is 337 g/mol. The van der Waals surface area contributed by atoms with Crippen LogP contribution < -0.4 is 10.1 Å². The average molecular weight is 337 g/mol. The summed E-state index contributed by atoms with van der Waals surface area (Å²) < 4.78 is 31.8. The van der Waals surface area contributed by atoms with E-state index >= 15 is 0 Å². The molecule has 3 nitrogen and oxygen atoms in total. The molecule has 2 rings (SSSR count). The van der Waals surface area contributed by atoms with Gasteiger partial charge in [-0.3, -0.25) is 4.79 Å². The van der Waals surface area contributed by atoms with E-state index in [1.54, 1.807) is 18.7 Å². The molecule has 1 atom stereocenters. The Bertz CT molecular complexity index is 657. The van der Waals surface area contributed by atoms with Crippen LogP contribution in [0.4, 0.5) is 14.5 Å². The predicted molar refractivity (Wildman–Crippen MR) is 87.9 cm³/mol. The Balaban J connectivity index is 1.96. The maximum Gasteiger partial charge on any atom is 0.228 e. The Labute approximate surface area is 138 Å². The Morgan fingerprint density at radius 3 is 2.39 bits per heavy atom. The minimum Gasteiger partial charge on any atom is -0.491 e. The molecule has 0 spiro atoms. The molecule has 23 heavy (non-hydrogen) atoms. The van der Waals surface area contributed by atoms with Gasteiger partial charge in [0.15, 0.2) is 17.4 Å². The third-order valence-corrected chi connectivity index (χ3v) is 4.43. The molecule has 0 aliphatic heterocycles. The molecule has 0 aliphatic rings. The second-order valence-corrected chi connectivity index (χ2v) is 6.08. The number of hydrogen-bond acceptors (Lipinski definition) is 3. The number of hydrogen-bond donors (Lipinski definition) is 1. The normalized spacial score (nSPS) is 11.8. The van der Waals surface area contributed by atoms with Crippen molar-refractivity contribution >= 4 is 23.4 Å². The molecule has 0 bridgehead atoms. The van der Waals surface area contributed by atoms with Crippen LogP contribution in [0.2, 0.25) is 0 Å². The van der Waals surface area contributed by atoms with E-state index in [1.165, 1.54) is 7.11 Å². The van der Waals surface area contributed by atoms with Crippen LogP contribution in [-0.2, 0) is 4.79 Å². The highest BCUT2D eigenvalue weighted by Gasteiger charge is 2.16. The van der Waals surface area contributed by atoms with E-state index in [9.17, 15) is 13.6 Å². The molecule has 0 saturated heterocycles. The van der Waals surface area contributed by atoms with E-state index in [2.05, 4.69) is 10.1 Å². The molecule has 122 valence electrons. The molecule has 0 saturated carbocycles. The molecule has 1 N–H and O–H groups in total. The van der Waals surface area contributed by atoms with Gasteiger partial charge < -0.3 is 10.1 Å². The van der Waals surface area contributed by atoms with Crippen molar-refractivity contribution in [1.82, 2.24) is 0 Å². The number of methoxy groups -OCH3 is 1. The lowest BCUT2D eigenvalue weighted by Gasteiger charge is -2.13. The molecule has 2 aromatic carbocycles. The number of rotatable bonds is 6. The van der Waals surface area contributed by atoms with Crippen LogP contribution in [0, 0.1) is 17.6 Å². The summed E-state index contributed by atoms with van der Waals surface area (Å²) in [6.07, 6.45) is 0.